The monoisotopic (exact) mass is 394 g/mol. The molecule has 0 aromatic heterocycles. The predicted octanol–water partition coefficient (Wildman–Crippen LogP) is 2.70. The van der Waals surface area contributed by atoms with Crippen LogP contribution in [0.2, 0.25) is 0 Å². The Morgan fingerprint density at radius 1 is 1.08 bits per heavy atom. The number of hydrogen-bond donors (Lipinski definition) is 0. The summed E-state index contributed by atoms with van der Waals surface area (Å²) in [5.74, 6) is -2.40. The number of hydrogen-bond acceptors (Lipinski definition) is 5. The van der Waals surface area contributed by atoms with Crippen molar-refractivity contribution in [1.29, 1.82) is 0 Å². The van der Waals surface area contributed by atoms with Crippen LogP contribution in [-0.4, -0.2) is 39.4 Å². The van der Waals surface area contributed by atoms with Crippen LogP contribution < -0.4 is 0 Å². The number of allylic oxidation sites excluding steroid dienone is 1. The molecule has 0 radical (unpaired) electrons. The van der Waals surface area contributed by atoms with Gasteiger partial charge in [0.2, 0.25) is 0 Å². The van der Waals surface area contributed by atoms with Crippen molar-refractivity contribution in [2.75, 3.05) is 27.4 Å². The molecule has 0 bridgehead atoms. The molecule has 1 heterocycles. The lowest BCUT2D eigenvalue weighted by Gasteiger charge is -2.36. The van der Waals surface area contributed by atoms with Gasteiger partial charge in [0.25, 0.3) is 0 Å². The molecule has 1 aromatic rings. The van der Waals surface area contributed by atoms with E-state index in [9.17, 15) is 9.59 Å². The van der Waals surface area contributed by atoms with E-state index in [1.807, 2.05) is 24.3 Å². The highest BCUT2D eigenvalue weighted by Gasteiger charge is 2.50. The van der Waals surface area contributed by atoms with Gasteiger partial charge in [-0.1, -0.05) is 34.1 Å². The molecule has 4 unspecified atom stereocenters. The smallest absolute Gasteiger partial charge is 0.310 e. The van der Waals surface area contributed by atoms with E-state index < -0.39 is 23.8 Å². The lowest BCUT2D eigenvalue weighted by atomic mass is 9.66. The number of carbonyl (C=O) groups is 2. The summed E-state index contributed by atoms with van der Waals surface area (Å²) < 4.78 is 16.5. The first-order chi connectivity index (χ1) is 11.6. The topological polar surface area (TPSA) is 61.8 Å². The molecule has 1 aromatic carbocycles. The largest absolute Gasteiger partial charge is 0.469 e. The van der Waals surface area contributed by atoms with E-state index >= 15 is 0 Å². The molecule has 5 nitrogen and oxygen atoms in total. The zero-order chi connectivity index (χ0) is 17.3. The number of carbonyl (C=O) groups excluding carboxylic acids is 2. The number of methoxy groups -OCH3 is 2. The minimum Gasteiger partial charge on any atom is -0.469 e. The van der Waals surface area contributed by atoms with Crippen molar-refractivity contribution in [3.63, 3.8) is 0 Å². The maximum atomic E-state index is 12.5. The van der Waals surface area contributed by atoms with Gasteiger partial charge in [-0.05, 0) is 23.3 Å². The maximum absolute atomic E-state index is 12.5. The second-order valence-electron chi connectivity index (χ2n) is 6.04. The van der Waals surface area contributed by atoms with E-state index in [1.54, 1.807) is 0 Å². The van der Waals surface area contributed by atoms with Gasteiger partial charge in [0, 0.05) is 16.3 Å². The van der Waals surface area contributed by atoms with Crippen molar-refractivity contribution in [3.8, 4) is 0 Å². The number of esters is 2. The van der Waals surface area contributed by atoms with Crippen molar-refractivity contribution in [2.24, 2.45) is 17.8 Å². The highest BCUT2D eigenvalue weighted by molar-refractivity contribution is 9.10. The summed E-state index contributed by atoms with van der Waals surface area (Å²) in [5.41, 5.74) is 2.01. The van der Waals surface area contributed by atoms with Crippen molar-refractivity contribution in [2.45, 2.75) is 5.92 Å². The van der Waals surface area contributed by atoms with Gasteiger partial charge >= 0.3 is 11.9 Å². The first-order valence-electron chi connectivity index (χ1n) is 7.76. The summed E-state index contributed by atoms with van der Waals surface area (Å²) in [5, 5.41) is 0. The number of benzene rings is 1. The molecule has 6 heteroatoms. The predicted molar refractivity (Wildman–Crippen MR) is 90.3 cm³/mol. The summed E-state index contributed by atoms with van der Waals surface area (Å²) in [4.78, 5) is 25.0. The Labute approximate surface area is 149 Å². The van der Waals surface area contributed by atoms with Crippen LogP contribution in [0, 0.1) is 17.8 Å². The molecule has 2 aliphatic rings. The lowest BCUT2D eigenvalue weighted by Crippen LogP contribution is -2.43. The molecular weight excluding hydrogens is 376 g/mol. The molecule has 0 saturated carbocycles. The minimum absolute atomic E-state index is 0.131. The molecule has 1 saturated heterocycles. The van der Waals surface area contributed by atoms with Gasteiger partial charge in [-0.3, -0.25) is 9.59 Å². The van der Waals surface area contributed by atoms with Crippen LogP contribution in [0.5, 0.6) is 0 Å². The van der Waals surface area contributed by atoms with Crippen LogP contribution in [0.1, 0.15) is 11.5 Å². The number of fused-ring (bicyclic) bond motifs is 1. The van der Waals surface area contributed by atoms with Crippen molar-refractivity contribution >= 4 is 27.9 Å². The molecule has 3 rings (SSSR count). The van der Waals surface area contributed by atoms with Crippen molar-refractivity contribution < 1.29 is 23.8 Å². The third kappa shape index (κ3) is 3.00. The van der Waals surface area contributed by atoms with Gasteiger partial charge < -0.3 is 14.2 Å². The molecule has 0 amide bonds. The summed E-state index contributed by atoms with van der Waals surface area (Å²) >= 11 is 3.42. The summed E-state index contributed by atoms with van der Waals surface area (Å²) in [7, 11) is 2.69. The number of halogens is 1. The standard InChI is InChI=1S/C18H19BrO5/c1-22-17(20)15-13(10-3-5-12(19)6-4-10)7-11-8-24-9-14(11)16(15)18(21)23-2/h3-7,13-16H,8-9H2,1-2H3. The highest BCUT2D eigenvalue weighted by atomic mass is 79.9. The quantitative estimate of drug-likeness (QED) is 0.582. The Hall–Kier alpha value is -1.66. The Bertz CT molecular complexity index is 666. The zero-order valence-electron chi connectivity index (χ0n) is 13.5. The molecule has 0 spiro atoms. The van der Waals surface area contributed by atoms with Gasteiger partial charge in [0.15, 0.2) is 0 Å². The van der Waals surface area contributed by atoms with E-state index in [0.717, 1.165) is 15.6 Å². The molecule has 4 atom stereocenters. The molecular formula is C18H19BrO5. The molecule has 128 valence electrons. The normalized spacial score (nSPS) is 28.7. The zero-order valence-corrected chi connectivity index (χ0v) is 15.1. The lowest BCUT2D eigenvalue weighted by molar-refractivity contribution is -0.160. The van der Waals surface area contributed by atoms with Crippen LogP contribution in [0.15, 0.2) is 40.4 Å². The summed E-state index contributed by atoms with van der Waals surface area (Å²) in [6.07, 6.45) is 2.06. The van der Waals surface area contributed by atoms with Crippen LogP contribution in [-0.2, 0) is 23.8 Å². The third-order valence-electron chi connectivity index (χ3n) is 4.84. The second kappa shape index (κ2) is 7.07. The van der Waals surface area contributed by atoms with Crippen LogP contribution in [0.25, 0.3) is 0 Å². The molecule has 0 N–H and O–H groups in total. The first kappa shape index (κ1) is 17.2. The minimum atomic E-state index is -0.626. The fourth-order valence-electron chi connectivity index (χ4n) is 3.70. The van der Waals surface area contributed by atoms with Gasteiger partial charge in [0.1, 0.15) is 0 Å². The first-order valence-corrected chi connectivity index (χ1v) is 8.55. The van der Waals surface area contributed by atoms with E-state index in [4.69, 9.17) is 14.2 Å². The molecule has 24 heavy (non-hydrogen) atoms. The van der Waals surface area contributed by atoms with Crippen LogP contribution in [0.4, 0.5) is 0 Å². The number of rotatable bonds is 3. The molecule has 1 fully saturated rings. The average molecular weight is 395 g/mol. The Kier molecular flexibility index (Phi) is 5.06. The highest BCUT2D eigenvalue weighted by Crippen LogP contribution is 2.46. The maximum Gasteiger partial charge on any atom is 0.310 e. The third-order valence-corrected chi connectivity index (χ3v) is 5.37. The Balaban J connectivity index is 2.09. The van der Waals surface area contributed by atoms with Gasteiger partial charge in [-0.2, -0.15) is 0 Å². The van der Waals surface area contributed by atoms with Gasteiger partial charge in [-0.15, -0.1) is 0 Å². The molecule has 1 aliphatic carbocycles. The van der Waals surface area contributed by atoms with Crippen molar-refractivity contribution in [1.82, 2.24) is 0 Å². The SMILES string of the molecule is COC(=O)C1C2COCC2=CC(c2ccc(Br)cc2)C1C(=O)OC. The van der Waals surface area contributed by atoms with Crippen molar-refractivity contribution in [3.05, 3.63) is 46.0 Å². The van der Waals surface area contributed by atoms with Gasteiger partial charge in [0.05, 0.1) is 39.3 Å². The van der Waals surface area contributed by atoms with Crippen LogP contribution >= 0.6 is 15.9 Å². The van der Waals surface area contributed by atoms with E-state index in [2.05, 4.69) is 22.0 Å². The fraction of sp³-hybridized carbons (Fsp3) is 0.444. The van der Waals surface area contributed by atoms with E-state index in [0.29, 0.717) is 13.2 Å². The molecule has 1 aliphatic heterocycles. The average Bonchev–Trinajstić information content (AvgIpc) is 3.07. The Morgan fingerprint density at radius 2 is 1.71 bits per heavy atom. The summed E-state index contributed by atoms with van der Waals surface area (Å²) in [6, 6.07) is 7.75. The second-order valence-corrected chi connectivity index (χ2v) is 6.95. The Morgan fingerprint density at radius 3 is 2.33 bits per heavy atom. The van der Waals surface area contributed by atoms with E-state index in [-0.39, 0.29) is 11.8 Å². The fourth-order valence-corrected chi connectivity index (χ4v) is 3.96. The van der Waals surface area contributed by atoms with Gasteiger partial charge in [-0.25, -0.2) is 0 Å². The van der Waals surface area contributed by atoms with Crippen LogP contribution in [0.3, 0.4) is 0 Å². The number of ether oxygens (including phenoxy) is 3. The van der Waals surface area contributed by atoms with E-state index in [1.165, 1.54) is 14.2 Å². The summed E-state index contributed by atoms with van der Waals surface area (Å²) in [6.45, 7) is 0.908.